The second kappa shape index (κ2) is 5.41. The monoisotopic (exact) mass is 308 g/mol. The molecule has 0 saturated carbocycles. The Balaban J connectivity index is 1.88. The van der Waals surface area contributed by atoms with E-state index in [0.717, 1.165) is 29.0 Å². The number of thioether (sulfide) groups is 1. The number of hydrogen-bond donors (Lipinski definition) is 2. The van der Waals surface area contributed by atoms with Gasteiger partial charge in [-0.1, -0.05) is 6.92 Å². The van der Waals surface area contributed by atoms with E-state index in [2.05, 4.69) is 35.2 Å². The molecule has 0 radical (unpaired) electrons. The van der Waals surface area contributed by atoms with Crippen molar-refractivity contribution in [2.45, 2.75) is 37.9 Å². The lowest BCUT2D eigenvalue weighted by Gasteiger charge is -2.23. The van der Waals surface area contributed by atoms with Gasteiger partial charge in [-0.25, -0.2) is 4.98 Å². The molecule has 0 aromatic carbocycles. The second-order valence-electron chi connectivity index (χ2n) is 5.47. The summed E-state index contributed by atoms with van der Waals surface area (Å²) in [6.45, 7) is 5.41. The van der Waals surface area contributed by atoms with Crippen LogP contribution in [0.2, 0.25) is 0 Å². The Kier molecular flexibility index (Phi) is 3.77. The van der Waals surface area contributed by atoms with E-state index in [4.69, 9.17) is 5.73 Å². The maximum atomic E-state index is 5.83. The van der Waals surface area contributed by atoms with E-state index in [1.165, 1.54) is 23.5 Å². The first kappa shape index (κ1) is 13.9. The lowest BCUT2D eigenvalue weighted by molar-refractivity contribution is 0.634. The molecule has 3 heterocycles. The van der Waals surface area contributed by atoms with Gasteiger partial charge in [-0.15, -0.1) is 11.3 Å². The molecule has 3 rings (SSSR count). The SMILES string of the molecule is CCc1cc2c(NCC3(C)CCCS3)nc(N)nc2s1. The van der Waals surface area contributed by atoms with Crippen LogP contribution in [0.15, 0.2) is 6.07 Å². The molecule has 6 heteroatoms. The van der Waals surface area contributed by atoms with Gasteiger partial charge in [0, 0.05) is 16.2 Å². The number of aryl methyl sites for hydroxylation is 1. The minimum atomic E-state index is 0.315. The summed E-state index contributed by atoms with van der Waals surface area (Å²) in [6, 6.07) is 2.19. The van der Waals surface area contributed by atoms with Crippen molar-refractivity contribution in [2.24, 2.45) is 0 Å². The Morgan fingerprint density at radius 1 is 1.45 bits per heavy atom. The Hall–Kier alpha value is -1.01. The normalized spacial score (nSPS) is 22.5. The van der Waals surface area contributed by atoms with E-state index in [1.54, 1.807) is 11.3 Å². The zero-order valence-corrected chi connectivity index (χ0v) is 13.5. The maximum absolute atomic E-state index is 5.83. The zero-order valence-electron chi connectivity index (χ0n) is 11.9. The van der Waals surface area contributed by atoms with Crippen molar-refractivity contribution in [2.75, 3.05) is 23.3 Å². The van der Waals surface area contributed by atoms with Gasteiger partial charge in [0.15, 0.2) is 0 Å². The summed E-state index contributed by atoms with van der Waals surface area (Å²) in [5.41, 5.74) is 5.83. The van der Waals surface area contributed by atoms with E-state index >= 15 is 0 Å². The van der Waals surface area contributed by atoms with Crippen LogP contribution in [0.1, 0.15) is 31.6 Å². The molecular formula is C14H20N4S2. The first-order valence-electron chi connectivity index (χ1n) is 7.03. The van der Waals surface area contributed by atoms with Gasteiger partial charge >= 0.3 is 0 Å². The summed E-state index contributed by atoms with van der Waals surface area (Å²) in [7, 11) is 0. The van der Waals surface area contributed by atoms with E-state index < -0.39 is 0 Å². The predicted octanol–water partition coefficient (Wildman–Crippen LogP) is 3.53. The smallest absolute Gasteiger partial charge is 0.223 e. The summed E-state index contributed by atoms with van der Waals surface area (Å²) in [5, 5.41) is 4.61. The fourth-order valence-corrected chi connectivity index (χ4v) is 4.76. The van der Waals surface area contributed by atoms with Gasteiger partial charge in [0.05, 0.1) is 5.39 Å². The van der Waals surface area contributed by atoms with Crippen molar-refractivity contribution in [1.29, 1.82) is 0 Å². The number of anilines is 2. The quantitative estimate of drug-likeness (QED) is 0.904. The number of nitrogen functional groups attached to an aromatic ring is 1. The lowest BCUT2D eigenvalue weighted by Crippen LogP contribution is -2.27. The lowest BCUT2D eigenvalue weighted by atomic mass is 10.1. The first-order valence-corrected chi connectivity index (χ1v) is 8.83. The van der Waals surface area contributed by atoms with Gasteiger partial charge in [-0.3, -0.25) is 0 Å². The maximum Gasteiger partial charge on any atom is 0.223 e. The van der Waals surface area contributed by atoms with Gasteiger partial charge < -0.3 is 11.1 Å². The van der Waals surface area contributed by atoms with Crippen molar-refractivity contribution in [1.82, 2.24) is 9.97 Å². The molecule has 20 heavy (non-hydrogen) atoms. The predicted molar refractivity (Wildman–Crippen MR) is 89.8 cm³/mol. The van der Waals surface area contributed by atoms with Gasteiger partial charge in [0.1, 0.15) is 10.6 Å². The van der Waals surface area contributed by atoms with Gasteiger partial charge in [-0.2, -0.15) is 16.7 Å². The molecule has 1 aliphatic rings. The van der Waals surface area contributed by atoms with E-state index in [0.29, 0.717) is 10.7 Å². The fourth-order valence-electron chi connectivity index (χ4n) is 2.54. The van der Waals surface area contributed by atoms with Crippen molar-refractivity contribution in [3.05, 3.63) is 10.9 Å². The Morgan fingerprint density at radius 2 is 2.30 bits per heavy atom. The van der Waals surface area contributed by atoms with E-state index in [1.807, 2.05) is 11.8 Å². The first-order chi connectivity index (χ1) is 9.59. The molecule has 0 spiro atoms. The average Bonchev–Trinajstić information content (AvgIpc) is 3.02. The minimum absolute atomic E-state index is 0.315. The Labute approximate surface area is 127 Å². The van der Waals surface area contributed by atoms with E-state index in [9.17, 15) is 0 Å². The summed E-state index contributed by atoms with van der Waals surface area (Å²) in [4.78, 5) is 11.0. The summed E-state index contributed by atoms with van der Waals surface area (Å²) in [6.07, 6.45) is 3.59. The summed E-state index contributed by atoms with van der Waals surface area (Å²) < 4.78 is 0.315. The number of rotatable bonds is 4. The standard InChI is InChI=1S/C14H20N4S2/c1-3-9-7-10-11(17-13(15)18-12(10)20-9)16-8-14(2)5-4-6-19-14/h7H,3-6,8H2,1-2H3,(H3,15,16,17,18). The third-order valence-electron chi connectivity index (χ3n) is 3.74. The molecule has 2 aromatic rings. The van der Waals surface area contributed by atoms with Crippen molar-refractivity contribution in [3.63, 3.8) is 0 Å². The topological polar surface area (TPSA) is 63.8 Å². The second-order valence-corrected chi connectivity index (χ2v) is 8.27. The molecule has 0 aliphatic carbocycles. The van der Waals surface area contributed by atoms with Crippen LogP contribution in [0.4, 0.5) is 11.8 Å². The fraction of sp³-hybridized carbons (Fsp3) is 0.571. The number of thiophene rings is 1. The number of nitrogens with zero attached hydrogens (tertiary/aromatic N) is 2. The van der Waals surface area contributed by atoms with Crippen molar-refractivity contribution >= 4 is 45.1 Å². The Morgan fingerprint density at radius 3 is 3.00 bits per heavy atom. The zero-order chi connectivity index (χ0) is 14.2. The van der Waals surface area contributed by atoms with Crippen LogP contribution < -0.4 is 11.1 Å². The third kappa shape index (κ3) is 2.72. The molecule has 1 fully saturated rings. The van der Waals surface area contributed by atoms with Crippen LogP contribution in [0.5, 0.6) is 0 Å². The largest absolute Gasteiger partial charge is 0.368 e. The molecule has 3 N–H and O–H groups in total. The molecule has 0 bridgehead atoms. The number of hydrogen-bond acceptors (Lipinski definition) is 6. The molecule has 4 nitrogen and oxygen atoms in total. The van der Waals surface area contributed by atoms with Crippen LogP contribution in [0.3, 0.4) is 0 Å². The van der Waals surface area contributed by atoms with Crippen LogP contribution in [0, 0.1) is 0 Å². The summed E-state index contributed by atoms with van der Waals surface area (Å²) in [5.74, 6) is 2.50. The highest BCUT2D eigenvalue weighted by molar-refractivity contribution is 8.00. The minimum Gasteiger partial charge on any atom is -0.368 e. The molecule has 1 saturated heterocycles. The number of nitrogens with one attached hydrogen (secondary N) is 1. The van der Waals surface area contributed by atoms with Crippen LogP contribution >= 0.6 is 23.1 Å². The molecule has 1 unspecified atom stereocenters. The van der Waals surface area contributed by atoms with Gasteiger partial charge in [0.25, 0.3) is 0 Å². The number of fused-ring (bicyclic) bond motifs is 1. The molecule has 108 valence electrons. The Bertz CT molecular complexity index is 617. The highest BCUT2D eigenvalue weighted by Gasteiger charge is 2.29. The average molecular weight is 308 g/mol. The van der Waals surface area contributed by atoms with Crippen molar-refractivity contribution < 1.29 is 0 Å². The van der Waals surface area contributed by atoms with Crippen LogP contribution in [0.25, 0.3) is 10.2 Å². The molecule has 0 amide bonds. The highest BCUT2D eigenvalue weighted by atomic mass is 32.2. The van der Waals surface area contributed by atoms with E-state index in [-0.39, 0.29) is 0 Å². The van der Waals surface area contributed by atoms with Crippen molar-refractivity contribution in [3.8, 4) is 0 Å². The molecular weight excluding hydrogens is 288 g/mol. The number of nitrogens with two attached hydrogens (primary N) is 1. The molecule has 1 atom stereocenters. The highest BCUT2D eigenvalue weighted by Crippen LogP contribution is 2.38. The molecule has 2 aromatic heterocycles. The van der Waals surface area contributed by atoms with Gasteiger partial charge in [-0.05, 0) is 38.0 Å². The molecule has 1 aliphatic heterocycles. The number of aromatic nitrogens is 2. The van der Waals surface area contributed by atoms with Crippen LogP contribution in [-0.2, 0) is 6.42 Å². The summed E-state index contributed by atoms with van der Waals surface area (Å²) >= 11 is 3.76. The van der Waals surface area contributed by atoms with Crippen LogP contribution in [-0.4, -0.2) is 27.0 Å². The third-order valence-corrected chi connectivity index (χ3v) is 6.45. The van der Waals surface area contributed by atoms with Gasteiger partial charge in [0.2, 0.25) is 5.95 Å².